The standard InChI is InChI=1S/C8H17NO4S.2Na.2H/c1-8(2-7-14(10,11)12)9-3-5-13-6-4-9;;;;/h8H,2-7H2,1H3,(H,10,11,12);;;;/q;2*+1;2*-1. The van der Waals surface area contributed by atoms with E-state index in [-0.39, 0.29) is 73.8 Å². The van der Waals surface area contributed by atoms with E-state index in [1.54, 1.807) is 0 Å². The molecule has 0 spiro atoms. The molecule has 0 amide bonds. The van der Waals surface area contributed by atoms with Crippen molar-refractivity contribution in [3.63, 3.8) is 0 Å². The topological polar surface area (TPSA) is 66.8 Å². The Balaban J connectivity index is -0.000000245. The molecule has 0 saturated carbocycles. The quantitative estimate of drug-likeness (QED) is 0.408. The van der Waals surface area contributed by atoms with Gasteiger partial charge in [-0.05, 0) is 13.3 Å². The minimum Gasteiger partial charge on any atom is -1.00 e. The molecule has 0 aromatic heterocycles. The number of nitrogens with zero attached hydrogens (tertiary/aromatic N) is 1. The summed E-state index contributed by atoms with van der Waals surface area (Å²) < 4.78 is 34.8. The minimum absolute atomic E-state index is 0. The zero-order valence-electron chi connectivity index (χ0n) is 12.3. The van der Waals surface area contributed by atoms with Crippen molar-refractivity contribution in [1.29, 1.82) is 0 Å². The molecule has 1 aliphatic rings. The number of hydrogen-bond donors (Lipinski definition) is 1. The van der Waals surface area contributed by atoms with E-state index in [1.807, 2.05) is 6.92 Å². The van der Waals surface area contributed by atoms with Crippen molar-refractivity contribution in [2.75, 3.05) is 32.1 Å². The predicted octanol–water partition coefficient (Wildman–Crippen LogP) is -5.78. The van der Waals surface area contributed by atoms with E-state index >= 15 is 0 Å². The molecule has 5 nitrogen and oxygen atoms in total. The van der Waals surface area contributed by atoms with Crippen molar-refractivity contribution in [3.8, 4) is 0 Å². The first kappa shape index (κ1) is 20.2. The smallest absolute Gasteiger partial charge is 1.00 e. The van der Waals surface area contributed by atoms with Crippen LogP contribution in [0.25, 0.3) is 0 Å². The number of hydrogen-bond acceptors (Lipinski definition) is 4. The summed E-state index contributed by atoms with van der Waals surface area (Å²) in [4.78, 5) is 2.18. The molecule has 1 heterocycles. The summed E-state index contributed by atoms with van der Waals surface area (Å²) in [5, 5.41) is 0. The van der Waals surface area contributed by atoms with Crippen molar-refractivity contribution in [2.24, 2.45) is 0 Å². The van der Waals surface area contributed by atoms with Crippen LogP contribution in [-0.2, 0) is 14.9 Å². The first-order valence-corrected chi connectivity index (χ1v) is 6.37. The van der Waals surface area contributed by atoms with E-state index in [0.717, 1.165) is 13.1 Å². The Bertz CT molecular complexity index is 276. The molecule has 0 radical (unpaired) electrons. The van der Waals surface area contributed by atoms with Gasteiger partial charge in [0.05, 0.1) is 19.0 Å². The fraction of sp³-hybridized carbons (Fsp3) is 1.00. The zero-order valence-corrected chi connectivity index (χ0v) is 15.2. The third-order valence-electron chi connectivity index (χ3n) is 2.46. The van der Waals surface area contributed by atoms with Gasteiger partial charge in [-0.3, -0.25) is 9.45 Å². The third kappa shape index (κ3) is 8.85. The van der Waals surface area contributed by atoms with Crippen molar-refractivity contribution < 1.29 is 79.7 Å². The van der Waals surface area contributed by atoms with Gasteiger partial charge in [-0.15, -0.1) is 0 Å². The SMILES string of the molecule is CC(CCS(=O)(=O)O)N1CCOCC1.[H-].[H-].[Na+].[Na+]. The van der Waals surface area contributed by atoms with Crippen molar-refractivity contribution >= 4 is 10.1 Å². The molecular weight excluding hydrogens is 252 g/mol. The van der Waals surface area contributed by atoms with Crippen LogP contribution in [0, 0.1) is 0 Å². The van der Waals surface area contributed by atoms with Crippen LogP contribution in [-0.4, -0.2) is 56.0 Å². The maximum absolute atomic E-state index is 10.5. The molecule has 1 rings (SSSR count). The van der Waals surface area contributed by atoms with E-state index in [1.165, 1.54) is 0 Å². The van der Waals surface area contributed by atoms with Gasteiger partial charge in [0.1, 0.15) is 0 Å². The Hall–Kier alpha value is 1.83. The molecular formula is C8H19NNa2O4S. The van der Waals surface area contributed by atoms with Gasteiger partial charge in [0.15, 0.2) is 0 Å². The molecule has 0 bridgehead atoms. The second kappa shape index (κ2) is 9.72. The van der Waals surface area contributed by atoms with Crippen molar-refractivity contribution in [3.05, 3.63) is 0 Å². The Morgan fingerprint density at radius 2 is 1.88 bits per heavy atom. The van der Waals surface area contributed by atoms with Crippen LogP contribution >= 0.6 is 0 Å². The van der Waals surface area contributed by atoms with E-state index in [9.17, 15) is 8.42 Å². The molecule has 1 fully saturated rings. The number of morpholine rings is 1. The van der Waals surface area contributed by atoms with Crippen LogP contribution in [0.4, 0.5) is 0 Å². The van der Waals surface area contributed by atoms with Gasteiger partial charge >= 0.3 is 59.1 Å². The summed E-state index contributed by atoms with van der Waals surface area (Å²) in [5.41, 5.74) is 0. The summed E-state index contributed by atoms with van der Waals surface area (Å²) in [5.74, 6) is -0.161. The molecule has 0 aromatic rings. The van der Waals surface area contributed by atoms with Crippen LogP contribution < -0.4 is 59.1 Å². The van der Waals surface area contributed by atoms with Crippen LogP contribution in [0.5, 0.6) is 0 Å². The fourth-order valence-electron chi connectivity index (χ4n) is 1.52. The molecule has 1 aliphatic heterocycles. The molecule has 1 unspecified atom stereocenters. The molecule has 8 heteroatoms. The Kier molecular flexibility index (Phi) is 12.2. The van der Waals surface area contributed by atoms with Gasteiger partial charge in [-0.1, -0.05) is 0 Å². The second-order valence-electron chi connectivity index (χ2n) is 3.57. The molecule has 0 aliphatic carbocycles. The zero-order chi connectivity index (χ0) is 10.6. The van der Waals surface area contributed by atoms with Crippen LogP contribution in [0.3, 0.4) is 0 Å². The van der Waals surface area contributed by atoms with Gasteiger partial charge in [0, 0.05) is 19.1 Å². The van der Waals surface area contributed by atoms with Crippen LogP contribution in [0.2, 0.25) is 0 Å². The number of ether oxygens (including phenoxy) is 1. The van der Waals surface area contributed by atoms with Crippen molar-refractivity contribution in [1.82, 2.24) is 4.90 Å². The van der Waals surface area contributed by atoms with E-state index in [2.05, 4.69) is 4.90 Å². The Labute approximate surface area is 145 Å². The molecule has 0 aromatic carbocycles. The Morgan fingerprint density at radius 1 is 1.38 bits per heavy atom. The van der Waals surface area contributed by atoms with Gasteiger partial charge in [-0.25, -0.2) is 0 Å². The van der Waals surface area contributed by atoms with Crippen LogP contribution in [0.1, 0.15) is 16.2 Å². The van der Waals surface area contributed by atoms with Crippen LogP contribution in [0.15, 0.2) is 0 Å². The van der Waals surface area contributed by atoms with Gasteiger partial charge in [0.2, 0.25) is 0 Å². The monoisotopic (exact) mass is 271 g/mol. The minimum atomic E-state index is -3.82. The maximum atomic E-state index is 10.5. The van der Waals surface area contributed by atoms with Gasteiger partial charge < -0.3 is 7.59 Å². The first-order chi connectivity index (χ1) is 6.49. The summed E-state index contributed by atoms with van der Waals surface area (Å²) in [6.07, 6.45) is 0.471. The normalized spacial score (nSPS) is 19.4. The summed E-state index contributed by atoms with van der Waals surface area (Å²) in [7, 11) is -3.82. The maximum Gasteiger partial charge on any atom is 1.00 e. The largest absolute Gasteiger partial charge is 1.00 e. The first-order valence-electron chi connectivity index (χ1n) is 4.76. The van der Waals surface area contributed by atoms with E-state index in [4.69, 9.17) is 9.29 Å². The summed E-state index contributed by atoms with van der Waals surface area (Å²) in [6.45, 7) is 5.06. The van der Waals surface area contributed by atoms with Gasteiger partial charge in [-0.2, -0.15) is 8.42 Å². The number of rotatable bonds is 4. The third-order valence-corrected chi connectivity index (χ3v) is 3.21. The molecule has 16 heavy (non-hydrogen) atoms. The average Bonchev–Trinajstić information content (AvgIpc) is 2.14. The second-order valence-corrected chi connectivity index (χ2v) is 5.14. The summed E-state index contributed by atoms with van der Waals surface area (Å²) >= 11 is 0. The molecule has 88 valence electrons. The molecule has 1 atom stereocenters. The van der Waals surface area contributed by atoms with E-state index in [0.29, 0.717) is 19.6 Å². The van der Waals surface area contributed by atoms with Crippen molar-refractivity contribution in [2.45, 2.75) is 19.4 Å². The molecule has 1 N–H and O–H groups in total. The van der Waals surface area contributed by atoms with E-state index < -0.39 is 10.1 Å². The predicted molar refractivity (Wildman–Crippen MR) is 55.1 cm³/mol. The Morgan fingerprint density at radius 3 is 2.31 bits per heavy atom. The molecule has 1 saturated heterocycles. The summed E-state index contributed by atoms with van der Waals surface area (Å²) in [6, 6.07) is 0.181. The van der Waals surface area contributed by atoms with Gasteiger partial charge in [0.25, 0.3) is 10.1 Å². The fourth-order valence-corrected chi connectivity index (χ4v) is 2.16. The average molecular weight is 271 g/mol.